The van der Waals surface area contributed by atoms with E-state index in [1.54, 1.807) is 6.08 Å². The molecule has 0 atom stereocenters. The summed E-state index contributed by atoms with van der Waals surface area (Å²) < 4.78 is 21.5. The molecule has 0 spiro atoms. The van der Waals surface area contributed by atoms with Gasteiger partial charge in [-0.15, -0.1) is 13.2 Å². The van der Waals surface area contributed by atoms with Crippen LogP contribution in [0.3, 0.4) is 0 Å². The average molecular weight is 182 g/mol. The van der Waals surface area contributed by atoms with Crippen LogP contribution in [0.2, 0.25) is 0 Å². The molecule has 0 radical (unpaired) electrons. The van der Waals surface area contributed by atoms with Crippen LogP contribution < -0.4 is 0 Å². The molecule has 0 amide bonds. The summed E-state index contributed by atoms with van der Waals surface area (Å²) >= 11 is 0. The van der Waals surface area contributed by atoms with E-state index in [1.807, 2.05) is 0 Å². The van der Waals surface area contributed by atoms with Gasteiger partial charge in [0.05, 0.1) is 6.67 Å². The van der Waals surface area contributed by atoms with Crippen LogP contribution in [0.15, 0.2) is 25.3 Å². The molecular formula is C10H24F2. The molecule has 0 heterocycles. The second-order valence-electron chi connectivity index (χ2n) is 1.21. The summed E-state index contributed by atoms with van der Waals surface area (Å²) in [6.07, 6.45) is 3.25. The summed E-state index contributed by atoms with van der Waals surface area (Å²) in [5, 5.41) is 0. The highest BCUT2D eigenvalue weighted by molar-refractivity contribution is 4.63. The molecule has 0 N–H and O–H groups in total. The zero-order valence-corrected chi connectivity index (χ0v) is 5.45. The van der Waals surface area contributed by atoms with E-state index in [9.17, 15) is 8.78 Å². The highest BCUT2D eigenvalue weighted by atomic mass is 19.1. The third kappa shape index (κ3) is 119. The molecule has 78 valence electrons. The predicted molar refractivity (Wildman–Crippen MR) is 57.2 cm³/mol. The average Bonchev–Trinajstić information content (AvgIpc) is 1.91. The quantitative estimate of drug-likeness (QED) is 0.560. The van der Waals surface area contributed by atoms with E-state index < -0.39 is 6.67 Å². The molecule has 0 unspecified atom stereocenters. The van der Waals surface area contributed by atoms with Crippen molar-refractivity contribution < 1.29 is 8.78 Å². The first-order valence-corrected chi connectivity index (χ1v) is 2.67. The van der Waals surface area contributed by atoms with Crippen molar-refractivity contribution >= 4 is 0 Å². The van der Waals surface area contributed by atoms with Crippen LogP contribution in [0.1, 0.15) is 28.7 Å². The number of allylic oxidation sites excluding steroid dienone is 2. The summed E-state index contributed by atoms with van der Waals surface area (Å²) in [4.78, 5) is 0. The Bertz CT molecular complexity index is 60.9. The number of halogens is 2. The van der Waals surface area contributed by atoms with Crippen molar-refractivity contribution in [1.82, 2.24) is 0 Å². The molecule has 0 rings (SSSR count). The Labute approximate surface area is 77.0 Å². The van der Waals surface area contributed by atoms with Crippen LogP contribution in [0, 0.1) is 0 Å². The van der Waals surface area contributed by atoms with Gasteiger partial charge in [-0.1, -0.05) is 34.4 Å². The summed E-state index contributed by atoms with van der Waals surface area (Å²) in [5.41, 5.74) is 0. The molecular weight excluding hydrogens is 158 g/mol. The summed E-state index contributed by atoms with van der Waals surface area (Å²) in [6.45, 7) is 5.72. The lowest BCUT2D eigenvalue weighted by atomic mass is 10.5. The number of hydrogen-bond acceptors (Lipinski definition) is 0. The van der Waals surface area contributed by atoms with Crippen molar-refractivity contribution in [2.24, 2.45) is 0 Å². The van der Waals surface area contributed by atoms with Gasteiger partial charge in [-0.2, -0.15) is 0 Å². The van der Waals surface area contributed by atoms with Crippen LogP contribution in [0.25, 0.3) is 0 Å². The molecule has 0 nitrogen and oxygen atoms in total. The van der Waals surface area contributed by atoms with E-state index in [0.29, 0.717) is 6.42 Å². The maximum Gasteiger partial charge on any atom is 0.107 e. The van der Waals surface area contributed by atoms with Crippen LogP contribution in [-0.4, -0.2) is 13.3 Å². The molecule has 0 aromatic carbocycles. The molecule has 0 bridgehead atoms. The smallest absolute Gasteiger partial charge is 0.107 e. The second kappa shape index (κ2) is 47.9. The summed E-state index contributed by atoms with van der Waals surface area (Å²) in [6, 6.07) is 0. The first-order chi connectivity index (χ1) is 4.33. The predicted octanol–water partition coefficient (Wildman–Crippen LogP) is 4.58. The Morgan fingerprint density at radius 1 is 0.917 bits per heavy atom. The fourth-order valence-electron chi connectivity index (χ4n) is 0.0772. The van der Waals surface area contributed by atoms with E-state index in [2.05, 4.69) is 13.2 Å². The molecule has 0 aliphatic rings. The molecule has 0 aliphatic carbocycles. The Kier molecular flexibility index (Phi) is 120. The highest BCUT2D eigenvalue weighted by Crippen LogP contribution is 1.75. The normalized spacial score (nSPS) is 5.17. The van der Waals surface area contributed by atoms with Gasteiger partial charge in [-0.05, 0) is 6.42 Å². The monoisotopic (exact) mass is 182 g/mol. The van der Waals surface area contributed by atoms with Gasteiger partial charge >= 0.3 is 0 Å². The molecule has 0 aromatic rings. The van der Waals surface area contributed by atoms with Crippen molar-refractivity contribution in [3.8, 4) is 0 Å². The van der Waals surface area contributed by atoms with Gasteiger partial charge in [-0.3, -0.25) is 4.39 Å². The van der Waals surface area contributed by atoms with Gasteiger partial charge in [0, 0.05) is 0 Å². The third-order valence-electron chi connectivity index (χ3n) is 0.422. The SMILES string of the molecule is C.C.C.C=CCCF.C=CCF. The Morgan fingerprint density at radius 3 is 1.25 bits per heavy atom. The van der Waals surface area contributed by atoms with Crippen LogP contribution in [0.4, 0.5) is 8.78 Å². The van der Waals surface area contributed by atoms with Gasteiger partial charge in [0.2, 0.25) is 0 Å². The van der Waals surface area contributed by atoms with E-state index in [0.717, 1.165) is 0 Å². The molecule has 0 saturated heterocycles. The lowest BCUT2D eigenvalue weighted by molar-refractivity contribution is 0.501. The molecule has 0 fully saturated rings. The minimum absolute atomic E-state index is 0. The van der Waals surface area contributed by atoms with E-state index in [4.69, 9.17) is 0 Å². The van der Waals surface area contributed by atoms with Gasteiger partial charge in [0.25, 0.3) is 0 Å². The van der Waals surface area contributed by atoms with E-state index >= 15 is 0 Å². The van der Waals surface area contributed by atoms with Crippen molar-refractivity contribution in [3.63, 3.8) is 0 Å². The fraction of sp³-hybridized carbons (Fsp3) is 0.600. The zero-order valence-electron chi connectivity index (χ0n) is 5.45. The molecule has 12 heavy (non-hydrogen) atoms. The first-order valence-electron chi connectivity index (χ1n) is 2.67. The van der Waals surface area contributed by atoms with Crippen LogP contribution >= 0.6 is 0 Å². The molecule has 0 saturated carbocycles. The van der Waals surface area contributed by atoms with E-state index in [1.165, 1.54) is 6.08 Å². The molecule has 2 heteroatoms. The summed E-state index contributed by atoms with van der Waals surface area (Å²) in [7, 11) is 0. The lowest BCUT2D eigenvalue weighted by Crippen LogP contribution is -1.61. The largest absolute Gasteiger partial charge is 0.251 e. The maximum absolute atomic E-state index is 10.9. The maximum atomic E-state index is 10.9. The zero-order chi connectivity index (χ0) is 7.54. The van der Waals surface area contributed by atoms with Crippen LogP contribution in [-0.2, 0) is 0 Å². The fourth-order valence-corrected chi connectivity index (χ4v) is 0.0772. The minimum atomic E-state index is -0.417. The number of rotatable bonds is 3. The van der Waals surface area contributed by atoms with Crippen molar-refractivity contribution in [2.75, 3.05) is 13.3 Å². The minimum Gasteiger partial charge on any atom is -0.251 e. The standard InChI is InChI=1S/C4H7F.C3H5F.3CH4/c1-2-3-4-5;1-2-3-4;;;/h2H,1,3-4H2;2H,1,3H2;3*1H4. The van der Waals surface area contributed by atoms with Crippen LogP contribution in [0.5, 0.6) is 0 Å². The van der Waals surface area contributed by atoms with Gasteiger partial charge < -0.3 is 0 Å². The summed E-state index contributed by atoms with van der Waals surface area (Å²) in [5.74, 6) is 0. The lowest BCUT2D eigenvalue weighted by Gasteiger charge is -1.69. The van der Waals surface area contributed by atoms with Gasteiger partial charge in [-0.25, -0.2) is 4.39 Å². The third-order valence-corrected chi connectivity index (χ3v) is 0.422. The Morgan fingerprint density at radius 2 is 1.25 bits per heavy atom. The first kappa shape index (κ1) is 30.2. The molecule has 0 aromatic heterocycles. The Hall–Kier alpha value is -0.660. The van der Waals surface area contributed by atoms with Crippen molar-refractivity contribution in [2.45, 2.75) is 28.7 Å². The van der Waals surface area contributed by atoms with Crippen molar-refractivity contribution in [1.29, 1.82) is 0 Å². The highest BCUT2D eigenvalue weighted by Gasteiger charge is 1.65. The number of alkyl halides is 2. The number of hydrogen-bond donors (Lipinski definition) is 0. The van der Waals surface area contributed by atoms with Gasteiger partial charge in [0.1, 0.15) is 6.67 Å². The molecule has 0 aliphatic heterocycles. The van der Waals surface area contributed by atoms with E-state index in [-0.39, 0.29) is 29.0 Å². The topological polar surface area (TPSA) is 0 Å². The second-order valence-corrected chi connectivity index (χ2v) is 1.21. The Balaban J connectivity index is -0.0000000221. The van der Waals surface area contributed by atoms with Crippen molar-refractivity contribution in [3.05, 3.63) is 25.3 Å². The van der Waals surface area contributed by atoms with Gasteiger partial charge in [0.15, 0.2) is 0 Å².